The molecule has 0 unspecified atom stereocenters. The number of carbonyl (C=O) groups is 2. The molecule has 0 bridgehead atoms. The van der Waals surface area contributed by atoms with Crippen molar-refractivity contribution < 1.29 is 19.4 Å². The molecule has 1 saturated carbocycles. The van der Waals surface area contributed by atoms with Crippen LogP contribution < -0.4 is 0 Å². The Labute approximate surface area is 129 Å². The smallest absolute Gasteiger partial charge is 0.261 e. The van der Waals surface area contributed by atoms with Crippen LogP contribution in [0.1, 0.15) is 52.8 Å². The fourth-order valence-electron chi connectivity index (χ4n) is 3.15. The van der Waals surface area contributed by atoms with E-state index in [1.165, 1.54) is 19.3 Å². The van der Waals surface area contributed by atoms with Gasteiger partial charge in [-0.15, -0.1) is 0 Å². The molecule has 1 fully saturated rings. The van der Waals surface area contributed by atoms with Crippen molar-refractivity contribution in [2.75, 3.05) is 13.2 Å². The summed E-state index contributed by atoms with van der Waals surface area (Å²) in [5.41, 5.74) is 0.820. The van der Waals surface area contributed by atoms with E-state index in [9.17, 15) is 14.7 Å². The Morgan fingerprint density at radius 3 is 2.27 bits per heavy atom. The molecule has 3 rings (SSSR count). The number of β-amino-alcohol motifs (C(OH)–C–C–N with tert-alkyl or cyclic N) is 1. The quantitative estimate of drug-likeness (QED) is 0.845. The Hall–Kier alpha value is -1.72. The van der Waals surface area contributed by atoms with E-state index in [-0.39, 0.29) is 31.1 Å². The van der Waals surface area contributed by atoms with Crippen molar-refractivity contribution in [3.05, 3.63) is 35.4 Å². The minimum atomic E-state index is -0.843. The van der Waals surface area contributed by atoms with Crippen molar-refractivity contribution in [2.24, 2.45) is 0 Å². The lowest BCUT2D eigenvalue weighted by Gasteiger charge is -2.24. The highest BCUT2D eigenvalue weighted by molar-refractivity contribution is 6.21. The third-order valence-electron chi connectivity index (χ3n) is 4.35. The van der Waals surface area contributed by atoms with Crippen LogP contribution in [0, 0.1) is 0 Å². The normalized spacial score (nSPS) is 20.3. The van der Waals surface area contributed by atoms with Crippen LogP contribution >= 0.6 is 0 Å². The Bertz CT molecular complexity index is 531. The molecule has 2 aliphatic rings. The number of rotatable bonds is 5. The van der Waals surface area contributed by atoms with Crippen molar-refractivity contribution in [1.29, 1.82) is 0 Å². The molecule has 1 atom stereocenters. The van der Waals surface area contributed by atoms with E-state index < -0.39 is 6.10 Å². The first-order chi connectivity index (χ1) is 10.7. The average molecular weight is 303 g/mol. The zero-order valence-electron chi connectivity index (χ0n) is 12.5. The molecule has 5 heteroatoms. The van der Waals surface area contributed by atoms with E-state index in [2.05, 4.69) is 0 Å². The van der Waals surface area contributed by atoms with Gasteiger partial charge in [-0.25, -0.2) is 0 Å². The van der Waals surface area contributed by atoms with E-state index in [0.29, 0.717) is 11.1 Å². The van der Waals surface area contributed by atoms with Gasteiger partial charge >= 0.3 is 0 Å². The summed E-state index contributed by atoms with van der Waals surface area (Å²) >= 11 is 0. The molecule has 5 nitrogen and oxygen atoms in total. The largest absolute Gasteiger partial charge is 0.389 e. The monoisotopic (exact) mass is 303 g/mol. The number of ether oxygens (including phenoxy) is 1. The van der Waals surface area contributed by atoms with E-state index in [1.807, 2.05) is 0 Å². The van der Waals surface area contributed by atoms with Gasteiger partial charge in [0, 0.05) is 0 Å². The first-order valence-corrected chi connectivity index (χ1v) is 7.91. The van der Waals surface area contributed by atoms with Crippen LogP contribution in [0.4, 0.5) is 0 Å². The van der Waals surface area contributed by atoms with E-state index >= 15 is 0 Å². The van der Waals surface area contributed by atoms with Gasteiger partial charge < -0.3 is 9.84 Å². The SMILES string of the molecule is O=C1c2ccccc2C(=O)N1C[C@H](O)COC1CCCCC1. The first kappa shape index (κ1) is 15.2. The zero-order valence-corrected chi connectivity index (χ0v) is 12.5. The molecule has 1 heterocycles. The van der Waals surface area contributed by atoms with Gasteiger partial charge in [0.1, 0.15) is 0 Å². The minimum absolute atomic E-state index is 0.0148. The first-order valence-electron chi connectivity index (χ1n) is 7.91. The molecule has 0 spiro atoms. The molecule has 1 N–H and O–H groups in total. The maximum atomic E-state index is 12.2. The Kier molecular flexibility index (Phi) is 4.55. The fourth-order valence-corrected chi connectivity index (χ4v) is 3.15. The van der Waals surface area contributed by atoms with Crippen LogP contribution in [0.3, 0.4) is 0 Å². The highest BCUT2D eigenvalue weighted by Crippen LogP contribution is 2.23. The summed E-state index contributed by atoms with van der Waals surface area (Å²) in [6.07, 6.45) is 4.99. The highest BCUT2D eigenvalue weighted by atomic mass is 16.5. The van der Waals surface area contributed by atoms with Crippen LogP contribution in [0.15, 0.2) is 24.3 Å². The number of aliphatic hydroxyl groups is 1. The molecular weight excluding hydrogens is 282 g/mol. The third kappa shape index (κ3) is 3.05. The van der Waals surface area contributed by atoms with Crippen LogP contribution in [0.5, 0.6) is 0 Å². The summed E-state index contributed by atoms with van der Waals surface area (Å²) in [5, 5.41) is 10.1. The topological polar surface area (TPSA) is 66.8 Å². The van der Waals surface area contributed by atoms with Gasteiger partial charge in [-0.3, -0.25) is 14.5 Å². The Balaban J connectivity index is 1.55. The molecule has 2 amide bonds. The number of fused-ring (bicyclic) bond motifs is 1. The van der Waals surface area contributed by atoms with Gasteiger partial charge in [0.15, 0.2) is 0 Å². The average Bonchev–Trinajstić information content (AvgIpc) is 2.79. The van der Waals surface area contributed by atoms with Crippen molar-refractivity contribution in [2.45, 2.75) is 44.3 Å². The zero-order chi connectivity index (χ0) is 15.5. The maximum Gasteiger partial charge on any atom is 0.261 e. The fraction of sp³-hybridized carbons (Fsp3) is 0.529. The van der Waals surface area contributed by atoms with Crippen LogP contribution in [0.25, 0.3) is 0 Å². The van der Waals surface area contributed by atoms with E-state index in [0.717, 1.165) is 17.7 Å². The number of imide groups is 1. The molecule has 1 aromatic rings. The second kappa shape index (κ2) is 6.58. The van der Waals surface area contributed by atoms with Crippen molar-refractivity contribution in [3.63, 3.8) is 0 Å². The van der Waals surface area contributed by atoms with Gasteiger partial charge in [0.2, 0.25) is 0 Å². The van der Waals surface area contributed by atoms with E-state index in [4.69, 9.17) is 4.74 Å². The summed E-state index contributed by atoms with van der Waals surface area (Å²) in [7, 11) is 0. The number of hydrogen-bond acceptors (Lipinski definition) is 4. The molecule has 0 radical (unpaired) electrons. The van der Waals surface area contributed by atoms with Gasteiger partial charge in [-0.1, -0.05) is 31.4 Å². The number of aliphatic hydroxyl groups excluding tert-OH is 1. The highest BCUT2D eigenvalue weighted by Gasteiger charge is 2.36. The van der Waals surface area contributed by atoms with Gasteiger partial charge in [0.05, 0.1) is 36.5 Å². The van der Waals surface area contributed by atoms with Gasteiger partial charge in [-0.05, 0) is 25.0 Å². The number of benzene rings is 1. The second-order valence-corrected chi connectivity index (χ2v) is 6.01. The van der Waals surface area contributed by atoms with E-state index in [1.54, 1.807) is 24.3 Å². The lowest BCUT2D eigenvalue weighted by atomic mass is 9.98. The summed E-state index contributed by atoms with van der Waals surface area (Å²) in [4.78, 5) is 25.5. The molecule has 1 aliphatic heterocycles. The number of amides is 2. The number of hydrogen-bond donors (Lipinski definition) is 1. The van der Waals surface area contributed by atoms with Crippen LogP contribution in [-0.2, 0) is 4.74 Å². The molecule has 118 valence electrons. The minimum Gasteiger partial charge on any atom is -0.389 e. The number of nitrogens with zero attached hydrogens (tertiary/aromatic N) is 1. The summed E-state index contributed by atoms with van der Waals surface area (Å²) < 4.78 is 5.70. The molecule has 0 saturated heterocycles. The molecule has 1 aliphatic carbocycles. The van der Waals surface area contributed by atoms with Gasteiger partial charge in [-0.2, -0.15) is 0 Å². The Morgan fingerprint density at radius 1 is 1.09 bits per heavy atom. The van der Waals surface area contributed by atoms with Crippen molar-refractivity contribution in [3.8, 4) is 0 Å². The Morgan fingerprint density at radius 2 is 1.68 bits per heavy atom. The predicted octanol–water partition coefficient (Wildman–Crippen LogP) is 1.99. The summed E-state index contributed by atoms with van der Waals surface area (Å²) in [5.74, 6) is -0.672. The molecule has 0 aromatic heterocycles. The lowest BCUT2D eigenvalue weighted by molar-refractivity contribution is -0.0295. The van der Waals surface area contributed by atoms with Crippen molar-refractivity contribution >= 4 is 11.8 Å². The van der Waals surface area contributed by atoms with Crippen LogP contribution in [-0.4, -0.2) is 47.2 Å². The van der Waals surface area contributed by atoms with Crippen molar-refractivity contribution in [1.82, 2.24) is 4.90 Å². The third-order valence-corrected chi connectivity index (χ3v) is 4.35. The van der Waals surface area contributed by atoms with Crippen LogP contribution in [0.2, 0.25) is 0 Å². The lowest BCUT2D eigenvalue weighted by Crippen LogP contribution is -2.39. The summed E-state index contributed by atoms with van der Waals surface area (Å²) in [6.45, 7) is 0.150. The predicted molar refractivity (Wildman–Crippen MR) is 80.6 cm³/mol. The summed E-state index contributed by atoms with van der Waals surface area (Å²) in [6, 6.07) is 6.74. The second-order valence-electron chi connectivity index (χ2n) is 6.01. The molecule has 22 heavy (non-hydrogen) atoms. The molecule has 1 aromatic carbocycles. The maximum absolute atomic E-state index is 12.2. The molecular formula is C17H21NO4. The number of carbonyl (C=O) groups excluding carboxylic acids is 2. The van der Waals surface area contributed by atoms with Gasteiger partial charge in [0.25, 0.3) is 11.8 Å². The standard InChI is InChI=1S/C17H21NO4/c19-12(11-22-13-6-2-1-3-7-13)10-18-16(20)14-8-4-5-9-15(14)17(18)21/h4-5,8-9,12-13,19H,1-3,6-7,10-11H2/t12-/m0/s1.